The number of hydrogen-bond acceptors (Lipinski definition) is 2. The van der Waals surface area contributed by atoms with E-state index in [4.69, 9.17) is 11.6 Å². The number of carbonyl (C=O) groups excluding carboxylic acids is 1. The molecule has 16 heavy (non-hydrogen) atoms. The van der Waals surface area contributed by atoms with Gasteiger partial charge in [0.25, 0.3) is 0 Å². The molecule has 0 N–H and O–H groups in total. The lowest BCUT2D eigenvalue weighted by Crippen LogP contribution is -1.99. The van der Waals surface area contributed by atoms with E-state index >= 15 is 0 Å². The zero-order valence-electron chi connectivity index (χ0n) is 8.45. The smallest absolute Gasteiger partial charge is 0.196 e. The van der Waals surface area contributed by atoms with Crippen LogP contribution in [0.3, 0.4) is 0 Å². The molecule has 2 rings (SSSR count). The first-order valence-electron chi connectivity index (χ1n) is 4.56. The molecule has 82 valence electrons. The monoisotopic (exact) mass is 298 g/mol. The number of aryl methyl sites for hydroxylation is 1. The molecule has 0 amide bonds. The molecule has 0 spiro atoms. The Hall–Kier alpha value is -1.13. The van der Waals surface area contributed by atoms with Crippen molar-refractivity contribution < 1.29 is 4.79 Å². The molecular formula is C11H8BrClN2O. The standard InChI is InChI=1S/C11H8BrClN2O/c1-15-6-8(5-14-15)11(16)7-2-3-9(12)10(13)4-7/h2-6H,1H3. The summed E-state index contributed by atoms with van der Waals surface area (Å²) in [4.78, 5) is 12.0. The van der Waals surface area contributed by atoms with Crippen LogP contribution in [-0.2, 0) is 7.05 Å². The summed E-state index contributed by atoms with van der Waals surface area (Å²) >= 11 is 9.21. The molecule has 0 aliphatic rings. The molecule has 1 aromatic heterocycles. The van der Waals surface area contributed by atoms with Crippen molar-refractivity contribution in [1.82, 2.24) is 9.78 Å². The first-order valence-corrected chi connectivity index (χ1v) is 5.73. The maximum atomic E-state index is 12.0. The maximum absolute atomic E-state index is 12.0. The number of aromatic nitrogens is 2. The van der Waals surface area contributed by atoms with E-state index in [1.54, 1.807) is 36.1 Å². The van der Waals surface area contributed by atoms with E-state index in [1.165, 1.54) is 6.20 Å². The molecule has 2 aromatic rings. The largest absolute Gasteiger partial charge is 0.288 e. The predicted molar refractivity (Wildman–Crippen MR) is 65.8 cm³/mol. The Labute approximate surface area is 106 Å². The quantitative estimate of drug-likeness (QED) is 0.799. The molecule has 0 bridgehead atoms. The minimum absolute atomic E-state index is 0.0810. The van der Waals surface area contributed by atoms with Gasteiger partial charge >= 0.3 is 0 Å². The van der Waals surface area contributed by atoms with Gasteiger partial charge in [0.15, 0.2) is 5.78 Å². The Balaban J connectivity index is 2.38. The Morgan fingerprint density at radius 2 is 2.19 bits per heavy atom. The summed E-state index contributed by atoms with van der Waals surface area (Å²) in [7, 11) is 1.77. The number of benzene rings is 1. The zero-order chi connectivity index (χ0) is 11.7. The molecule has 1 aromatic carbocycles. The molecule has 0 saturated carbocycles. The summed E-state index contributed by atoms with van der Waals surface area (Å²) in [6.45, 7) is 0. The van der Waals surface area contributed by atoms with Gasteiger partial charge in [0.1, 0.15) is 0 Å². The first-order chi connectivity index (χ1) is 7.58. The van der Waals surface area contributed by atoms with Gasteiger partial charge in [0, 0.05) is 23.3 Å². The summed E-state index contributed by atoms with van der Waals surface area (Å²) < 4.78 is 2.37. The summed E-state index contributed by atoms with van der Waals surface area (Å²) in [5.74, 6) is -0.0810. The number of halogens is 2. The minimum Gasteiger partial charge on any atom is -0.288 e. The third kappa shape index (κ3) is 2.18. The van der Waals surface area contributed by atoms with E-state index in [0.717, 1.165) is 4.47 Å². The number of nitrogens with zero attached hydrogens (tertiary/aromatic N) is 2. The lowest BCUT2D eigenvalue weighted by Gasteiger charge is -2.00. The van der Waals surface area contributed by atoms with Crippen molar-refractivity contribution in [2.75, 3.05) is 0 Å². The van der Waals surface area contributed by atoms with E-state index in [1.807, 2.05) is 0 Å². The van der Waals surface area contributed by atoms with Crippen LogP contribution in [0.4, 0.5) is 0 Å². The van der Waals surface area contributed by atoms with Crippen molar-refractivity contribution in [3.8, 4) is 0 Å². The molecule has 5 heteroatoms. The number of hydrogen-bond donors (Lipinski definition) is 0. The third-order valence-corrected chi connectivity index (χ3v) is 3.38. The molecule has 0 fully saturated rings. The van der Waals surface area contributed by atoms with Crippen molar-refractivity contribution >= 4 is 33.3 Å². The Kier molecular flexibility index (Phi) is 3.12. The molecule has 0 radical (unpaired) electrons. The van der Waals surface area contributed by atoms with Gasteiger partial charge in [0.05, 0.1) is 16.8 Å². The molecule has 0 aliphatic heterocycles. The van der Waals surface area contributed by atoms with Gasteiger partial charge < -0.3 is 0 Å². The van der Waals surface area contributed by atoms with Gasteiger partial charge in [-0.1, -0.05) is 11.6 Å². The Morgan fingerprint density at radius 3 is 2.75 bits per heavy atom. The molecule has 0 saturated heterocycles. The molecule has 3 nitrogen and oxygen atoms in total. The van der Waals surface area contributed by atoms with E-state index in [9.17, 15) is 4.79 Å². The van der Waals surface area contributed by atoms with Crippen LogP contribution in [0.15, 0.2) is 35.1 Å². The maximum Gasteiger partial charge on any atom is 0.196 e. The van der Waals surface area contributed by atoms with Gasteiger partial charge in [-0.15, -0.1) is 0 Å². The molecule has 1 heterocycles. The fourth-order valence-electron chi connectivity index (χ4n) is 1.34. The van der Waals surface area contributed by atoms with Crippen LogP contribution in [0.25, 0.3) is 0 Å². The van der Waals surface area contributed by atoms with Gasteiger partial charge in [-0.25, -0.2) is 0 Å². The number of carbonyl (C=O) groups is 1. The SMILES string of the molecule is Cn1cc(C(=O)c2ccc(Br)c(Cl)c2)cn1. The van der Waals surface area contributed by atoms with Crippen LogP contribution in [0.1, 0.15) is 15.9 Å². The van der Waals surface area contributed by atoms with Gasteiger partial charge in [-0.05, 0) is 34.1 Å². The average Bonchev–Trinajstić information content (AvgIpc) is 2.68. The lowest BCUT2D eigenvalue weighted by atomic mass is 10.1. The van der Waals surface area contributed by atoms with Gasteiger partial charge in [-0.2, -0.15) is 5.10 Å². The molecule has 0 aliphatic carbocycles. The first kappa shape index (κ1) is 11.4. The fraction of sp³-hybridized carbons (Fsp3) is 0.0909. The zero-order valence-corrected chi connectivity index (χ0v) is 10.8. The fourth-order valence-corrected chi connectivity index (χ4v) is 1.77. The molecule has 0 atom stereocenters. The minimum atomic E-state index is -0.0810. The number of rotatable bonds is 2. The summed E-state index contributed by atoms with van der Waals surface area (Å²) in [6, 6.07) is 5.12. The second-order valence-corrected chi connectivity index (χ2v) is 4.62. The van der Waals surface area contributed by atoms with Crippen LogP contribution >= 0.6 is 27.5 Å². The highest BCUT2D eigenvalue weighted by Gasteiger charge is 2.12. The third-order valence-electron chi connectivity index (χ3n) is 2.15. The highest BCUT2D eigenvalue weighted by Crippen LogP contribution is 2.24. The predicted octanol–water partition coefficient (Wildman–Crippen LogP) is 3.07. The van der Waals surface area contributed by atoms with Crippen molar-refractivity contribution in [2.45, 2.75) is 0 Å². The summed E-state index contributed by atoms with van der Waals surface area (Å²) in [5.41, 5.74) is 1.11. The van der Waals surface area contributed by atoms with Crippen LogP contribution < -0.4 is 0 Å². The lowest BCUT2D eigenvalue weighted by molar-refractivity contribution is 0.103. The van der Waals surface area contributed by atoms with E-state index in [-0.39, 0.29) is 5.78 Å². The van der Waals surface area contributed by atoms with Gasteiger partial charge in [-0.3, -0.25) is 9.48 Å². The Bertz CT molecular complexity index is 551. The topological polar surface area (TPSA) is 34.9 Å². The van der Waals surface area contributed by atoms with Crippen LogP contribution in [-0.4, -0.2) is 15.6 Å². The van der Waals surface area contributed by atoms with Crippen molar-refractivity contribution in [1.29, 1.82) is 0 Å². The van der Waals surface area contributed by atoms with Crippen LogP contribution in [0, 0.1) is 0 Å². The molecule has 0 unspecified atom stereocenters. The second kappa shape index (κ2) is 4.39. The van der Waals surface area contributed by atoms with E-state index < -0.39 is 0 Å². The van der Waals surface area contributed by atoms with Crippen LogP contribution in [0.5, 0.6) is 0 Å². The summed E-state index contributed by atoms with van der Waals surface area (Å²) in [5, 5.41) is 4.48. The van der Waals surface area contributed by atoms with Crippen molar-refractivity contribution in [3.63, 3.8) is 0 Å². The number of ketones is 1. The Morgan fingerprint density at radius 1 is 1.44 bits per heavy atom. The summed E-state index contributed by atoms with van der Waals surface area (Å²) in [6.07, 6.45) is 3.22. The van der Waals surface area contributed by atoms with E-state index in [0.29, 0.717) is 16.1 Å². The van der Waals surface area contributed by atoms with E-state index in [2.05, 4.69) is 21.0 Å². The highest BCUT2D eigenvalue weighted by atomic mass is 79.9. The molecular weight excluding hydrogens is 291 g/mol. The van der Waals surface area contributed by atoms with Gasteiger partial charge in [0.2, 0.25) is 0 Å². The average molecular weight is 300 g/mol. The highest BCUT2D eigenvalue weighted by molar-refractivity contribution is 9.10. The van der Waals surface area contributed by atoms with Crippen molar-refractivity contribution in [3.05, 3.63) is 51.2 Å². The second-order valence-electron chi connectivity index (χ2n) is 3.36. The normalized spacial score (nSPS) is 10.4. The van der Waals surface area contributed by atoms with Crippen LogP contribution in [0.2, 0.25) is 5.02 Å². The van der Waals surface area contributed by atoms with Crippen molar-refractivity contribution in [2.24, 2.45) is 7.05 Å².